The van der Waals surface area contributed by atoms with Gasteiger partial charge < -0.3 is 19.5 Å². The van der Waals surface area contributed by atoms with Crippen molar-refractivity contribution in [3.05, 3.63) is 100 Å². The van der Waals surface area contributed by atoms with Gasteiger partial charge in [-0.2, -0.15) is 0 Å². The SMILES string of the molecule is COc1ccc(CCN2C(=O)C(O)=C(c3ccccc3)[C@@H]2c2ccc(Cl)cc2)cc1OC. The van der Waals surface area contributed by atoms with Gasteiger partial charge in [-0.25, -0.2) is 0 Å². The fourth-order valence-corrected chi connectivity index (χ4v) is 4.20. The fraction of sp³-hybridized carbons (Fsp3) is 0.192. The molecule has 6 heteroatoms. The molecule has 1 N–H and O–H groups in total. The van der Waals surface area contributed by atoms with Crippen molar-refractivity contribution >= 4 is 23.1 Å². The monoisotopic (exact) mass is 449 g/mol. The number of aliphatic hydroxyl groups is 1. The Labute approximate surface area is 192 Å². The molecular weight excluding hydrogens is 426 g/mol. The van der Waals surface area contributed by atoms with Crippen LogP contribution < -0.4 is 9.47 Å². The van der Waals surface area contributed by atoms with E-state index >= 15 is 0 Å². The molecular formula is C26H24ClNO4. The first-order valence-corrected chi connectivity index (χ1v) is 10.7. The van der Waals surface area contributed by atoms with E-state index in [9.17, 15) is 9.90 Å². The molecule has 164 valence electrons. The predicted molar refractivity (Wildman–Crippen MR) is 125 cm³/mol. The normalized spacial score (nSPS) is 15.9. The molecule has 0 fully saturated rings. The van der Waals surface area contributed by atoms with E-state index in [0.717, 1.165) is 16.7 Å². The van der Waals surface area contributed by atoms with Crippen molar-refractivity contribution in [2.75, 3.05) is 20.8 Å². The number of hydrogen-bond acceptors (Lipinski definition) is 4. The highest BCUT2D eigenvalue weighted by molar-refractivity contribution is 6.30. The van der Waals surface area contributed by atoms with Crippen molar-refractivity contribution in [3.63, 3.8) is 0 Å². The Bertz CT molecular complexity index is 1140. The smallest absolute Gasteiger partial charge is 0.289 e. The molecule has 0 aliphatic carbocycles. The maximum atomic E-state index is 13.1. The van der Waals surface area contributed by atoms with Crippen LogP contribution >= 0.6 is 11.6 Å². The molecule has 0 radical (unpaired) electrons. The molecule has 0 saturated carbocycles. The van der Waals surface area contributed by atoms with E-state index in [1.807, 2.05) is 60.7 Å². The first kappa shape index (κ1) is 21.8. The lowest BCUT2D eigenvalue weighted by Gasteiger charge is -2.27. The molecule has 3 aromatic carbocycles. The molecule has 0 aromatic heterocycles. The van der Waals surface area contributed by atoms with E-state index in [-0.39, 0.29) is 11.7 Å². The largest absolute Gasteiger partial charge is 0.503 e. The average molecular weight is 450 g/mol. The van der Waals surface area contributed by atoms with Crippen LogP contribution in [-0.2, 0) is 11.2 Å². The number of carbonyl (C=O) groups is 1. The third kappa shape index (κ3) is 4.16. The molecule has 1 atom stereocenters. The Hall–Kier alpha value is -3.44. The highest BCUT2D eigenvalue weighted by Gasteiger charge is 2.40. The van der Waals surface area contributed by atoms with Gasteiger partial charge in [0.25, 0.3) is 5.91 Å². The van der Waals surface area contributed by atoms with Crippen molar-refractivity contribution in [3.8, 4) is 11.5 Å². The van der Waals surface area contributed by atoms with E-state index in [1.165, 1.54) is 0 Å². The summed E-state index contributed by atoms with van der Waals surface area (Å²) in [5.41, 5.74) is 3.30. The van der Waals surface area contributed by atoms with Crippen molar-refractivity contribution < 1.29 is 19.4 Å². The third-order valence-electron chi connectivity index (χ3n) is 5.66. The predicted octanol–water partition coefficient (Wildman–Crippen LogP) is 5.45. The van der Waals surface area contributed by atoms with Gasteiger partial charge in [-0.3, -0.25) is 4.79 Å². The van der Waals surface area contributed by atoms with Crippen LogP contribution in [0, 0.1) is 0 Å². The maximum Gasteiger partial charge on any atom is 0.289 e. The lowest BCUT2D eigenvalue weighted by atomic mass is 9.93. The molecule has 0 saturated heterocycles. The van der Waals surface area contributed by atoms with Crippen LogP contribution in [0.2, 0.25) is 5.02 Å². The summed E-state index contributed by atoms with van der Waals surface area (Å²) in [5.74, 6) is 0.684. The summed E-state index contributed by atoms with van der Waals surface area (Å²) < 4.78 is 10.7. The second-order valence-electron chi connectivity index (χ2n) is 7.52. The van der Waals surface area contributed by atoms with Gasteiger partial charge in [0.2, 0.25) is 0 Å². The van der Waals surface area contributed by atoms with Crippen LogP contribution in [0.25, 0.3) is 5.57 Å². The lowest BCUT2D eigenvalue weighted by molar-refractivity contribution is -0.129. The minimum Gasteiger partial charge on any atom is -0.503 e. The van der Waals surface area contributed by atoms with Crippen LogP contribution in [0.5, 0.6) is 11.5 Å². The Balaban J connectivity index is 1.68. The molecule has 0 unspecified atom stereocenters. The number of nitrogens with zero attached hydrogens (tertiary/aromatic N) is 1. The molecule has 3 aromatic rings. The molecule has 1 amide bonds. The van der Waals surface area contributed by atoms with Gasteiger partial charge in [0.05, 0.1) is 20.3 Å². The first-order valence-electron chi connectivity index (χ1n) is 10.3. The summed E-state index contributed by atoms with van der Waals surface area (Å²) in [6.07, 6.45) is 0.589. The number of aliphatic hydroxyl groups excluding tert-OH is 1. The van der Waals surface area contributed by atoms with Gasteiger partial charge in [0, 0.05) is 17.1 Å². The van der Waals surface area contributed by atoms with Gasteiger partial charge in [0.1, 0.15) is 0 Å². The summed E-state index contributed by atoms with van der Waals surface area (Å²) in [6.45, 7) is 0.419. The van der Waals surface area contributed by atoms with Gasteiger partial charge in [-0.05, 0) is 47.4 Å². The van der Waals surface area contributed by atoms with Crippen molar-refractivity contribution in [1.82, 2.24) is 4.90 Å². The summed E-state index contributed by atoms with van der Waals surface area (Å²) in [5, 5.41) is 11.5. The molecule has 32 heavy (non-hydrogen) atoms. The van der Waals surface area contributed by atoms with Crippen molar-refractivity contribution in [2.24, 2.45) is 0 Å². The minimum absolute atomic E-state index is 0.219. The zero-order valence-corrected chi connectivity index (χ0v) is 18.7. The zero-order chi connectivity index (χ0) is 22.7. The van der Waals surface area contributed by atoms with Crippen LogP contribution in [0.1, 0.15) is 22.7 Å². The topological polar surface area (TPSA) is 59.0 Å². The average Bonchev–Trinajstić information content (AvgIpc) is 3.08. The number of amides is 1. The van der Waals surface area contributed by atoms with Crippen LogP contribution in [-0.4, -0.2) is 36.7 Å². The minimum atomic E-state index is -0.415. The van der Waals surface area contributed by atoms with Gasteiger partial charge in [0.15, 0.2) is 17.3 Å². The maximum absolute atomic E-state index is 13.1. The Kier molecular flexibility index (Phi) is 6.37. The van der Waals surface area contributed by atoms with Gasteiger partial charge in [-0.1, -0.05) is 60.1 Å². The van der Waals surface area contributed by atoms with Crippen molar-refractivity contribution in [2.45, 2.75) is 12.5 Å². The van der Waals surface area contributed by atoms with Gasteiger partial charge >= 0.3 is 0 Å². The first-order chi connectivity index (χ1) is 15.5. The van der Waals surface area contributed by atoms with Gasteiger partial charge in [-0.15, -0.1) is 0 Å². The Morgan fingerprint density at radius 1 is 0.938 bits per heavy atom. The highest BCUT2D eigenvalue weighted by Crippen LogP contribution is 2.43. The lowest BCUT2D eigenvalue weighted by Crippen LogP contribution is -2.32. The third-order valence-corrected chi connectivity index (χ3v) is 5.92. The number of rotatable bonds is 7. The summed E-state index contributed by atoms with van der Waals surface area (Å²) in [6, 6.07) is 22.2. The summed E-state index contributed by atoms with van der Waals surface area (Å²) in [4.78, 5) is 14.8. The number of ether oxygens (including phenoxy) is 2. The Morgan fingerprint density at radius 2 is 1.62 bits per heavy atom. The Morgan fingerprint density at radius 3 is 2.28 bits per heavy atom. The van der Waals surface area contributed by atoms with E-state index < -0.39 is 6.04 Å². The molecule has 1 heterocycles. The molecule has 1 aliphatic heterocycles. The van der Waals surface area contributed by atoms with E-state index in [2.05, 4.69) is 0 Å². The number of carbonyl (C=O) groups excluding carboxylic acids is 1. The molecule has 0 bridgehead atoms. The van der Waals surface area contributed by atoms with Crippen LogP contribution in [0.15, 0.2) is 78.6 Å². The van der Waals surface area contributed by atoms with E-state index in [0.29, 0.717) is 35.1 Å². The van der Waals surface area contributed by atoms with Crippen LogP contribution in [0.3, 0.4) is 0 Å². The number of halogens is 1. The molecule has 0 spiro atoms. The zero-order valence-electron chi connectivity index (χ0n) is 17.9. The number of methoxy groups -OCH3 is 2. The molecule has 4 rings (SSSR count). The molecule has 1 aliphatic rings. The highest BCUT2D eigenvalue weighted by atomic mass is 35.5. The quantitative estimate of drug-likeness (QED) is 0.521. The fourth-order valence-electron chi connectivity index (χ4n) is 4.07. The van der Waals surface area contributed by atoms with Crippen LogP contribution in [0.4, 0.5) is 0 Å². The second kappa shape index (κ2) is 9.37. The summed E-state index contributed by atoms with van der Waals surface area (Å²) >= 11 is 6.10. The number of hydrogen-bond donors (Lipinski definition) is 1. The van der Waals surface area contributed by atoms with Crippen molar-refractivity contribution in [1.29, 1.82) is 0 Å². The van der Waals surface area contributed by atoms with E-state index in [4.69, 9.17) is 21.1 Å². The summed E-state index contributed by atoms with van der Waals surface area (Å²) in [7, 11) is 3.19. The standard InChI is InChI=1S/C26H24ClNO4/c1-31-21-13-8-17(16-22(21)32-2)14-15-28-24(19-9-11-20(27)12-10-19)23(25(29)26(28)30)18-6-4-3-5-7-18/h3-13,16,24,29H,14-15H2,1-2H3/t24-/m0/s1. The number of benzene rings is 3. The second-order valence-corrected chi connectivity index (χ2v) is 7.96. The van der Waals surface area contributed by atoms with E-state index in [1.54, 1.807) is 31.3 Å². The molecule has 5 nitrogen and oxygen atoms in total.